The van der Waals surface area contributed by atoms with Crippen molar-refractivity contribution in [3.05, 3.63) is 47.8 Å². The van der Waals surface area contributed by atoms with Gasteiger partial charge >= 0.3 is 0 Å². The van der Waals surface area contributed by atoms with Crippen molar-refractivity contribution in [3.8, 4) is 0 Å². The molecule has 0 spiro atoms. The van der Waals surface area contributed by atoms with Crippen LogP contribution in [0.2, 0.25) is 0 Å². The van der Waals surface area contributed by atoms with E-state index in [9.17, 15) is 4.79 Å². The van der Waals surface area contributed by atoms with Gasteiger partial charge in [0, 0.05) is 0 Å². The molecule has 1 fully saturated rings. The maximum absolute atomic E-state index is 12.3. The molecule has 2 aromatic rings. The molecule has 0 aliphatic carbocycles. The molecule has 1 aliphatic rings. The highest BCUT2D eigenvalue weighted by atomic mass is 16.2. The normalized spacial score (nSPS) is 17.1. The molecule has 116 valence electrons. The van der Waals surface area contributed by atoms with Crippen LogP contribution in [0.25, 0.3) is 0 Å². The summed E-state index contributed by atoms with van der Waals surface area (Å²) in [5, 5.41) is 14.4. The van der Waals surface area contributed by atoms with E-state index in [1.54, 1.807) is 6.20 Å². The summed E-state index contributed by atoms with van der Waals surface area (Å²) in [6, 6.07) is 10.2. The first-order valence-electron chi connectivity index (χ1n) is 7.72. The van der Waals surface area contributed by atoms with Crippen LogP contribution < -0.4 is 10.6 Å². The summed E-state index contributed by atoms with van der Waals surface area (Å²) in [5.74, 6) is -0.184. The van der Waals surface area contributed by atoms with Crippen LogP contribution in [0.5, 0.6) is 0 Å². The Bertz CT molecular complexity index is 618. The van der Waals surface area contributed by atoms with Crippen molar-refractivity contribution in [2.24, 2.45) is 0 Å². The van der Waals surface area contributed by atoms with E-state index in [2.05, 4.69) is 20.9 Å². The van der Waals surface area contributed by atoms with E-state index in [1.807, 2.05) is 41.9 Å². The van der Waals surface area contributed by atoms with E-state index in [0.29, 0.717) is 11.7 Å². The summed E-state index contributed by atoms with van der Waals surface area (Å²) in [7, 11) is 0. The number of aromatic nitrogens is 3. The molecule has 0 bridgehead atoms. The van der Waals surface area contributed by atoms with Gasteiger partial charge in [-0.05, 0) is 38.4 Å². The van der Waals surface area contributed by atoms with Gasteiger partial charge in [-0.3, -0.25) is 4.79 Å². The second-order valence-corrected chi connectivity index (χ2v) is 5.67. The van der Waals surface area contributed by atoms with Crippen LogP contribution in [0.4, 0.5) is 0 Å². The lowest BCUT2D eigenvalue weighted by molar-refractivity contribution is 0.0934. The second kappa shape index (κ2) is 6.70. The van der Waals surface area contributed by atoms with Crippen LogP contribution in [0, 0.1) is 0 Å². The minimum Gasteiger partial charge on any atom is -0.344 e. The zero-order valence-electron chi connectivity index (χ0n) is 12.7. The molecule has 3 rings (SSSR count). The summed E-state index contributed by atoms with van der Waals surface area (Å²) in [5.41, 5.74) is 1.45. The van der Waals surface area contributed by atoms with Crippen LogP contribution in [0.3, 0.4) is 0 Å². The molecule has 2 heterocycles. The van der Waals surface area contributed by atoms with Crippen LogP contribution >= 0.6 is 0 Å². The first-order valence-corrected chi connectivity index (χ1v) is 7.72. The molecule has 2 N–H and O–H groups in total. The van der Waals surface area contributed by atoms with E-state index >= 15 is 0 Å². The molecule has 1 aromatic heterocycles. The van der Waals surface area contributed by atoms with Crippen molar-refractivity contribution in [3.63, 3.8) is 0 Å². The Kier molecular flexibility index (Phi) is 4.48. The largest absolute Gasteiger partial charge is 0.344 e. The zero-order chi connectivity index (χ0) is 15.4. The third-order valence-corrected chi connectivity index (χ3v) is 4.07. The Morgan fingerprint density at radius 2 is 2.05 bits per heavy atom. The summed E-state index contributed by atoms with van der Waals surface area (Å²) >= 11 is 0. The number of nitrogens with one attached hydrogen (secondary N) is 2. The minimum atomic E-state index is -0.184. The number of piperidine rings is 1. The van der Waals surface area contributed by atoms with Crippen LogP contribution in [-0.4, -0.2) is 34.0 Å². The Morgan fingerprint density at radius 1 is 1.32 bits per heavy atom. The van der Waals surface area contributed by atoms with E-state index in [4.69, 9.17) is 0 Å². The van der Waals surface area contributed by atoms with Gasteiger partial charge in [0.15, 0.2) is 5.69 Å². The molecule has 0 radical (unpaired) electrons. The lowest BCUT2D eigenvalue weighted by atomic mass is 10.1. The SMILES string of the molecule is CC(NC(=O)c1cn(C2CCNCC2)nn1)c1ccccc1. The van der Waals surface area contributed by atoms with E-state index < -0.39 is 0 Å². The molecule has 1 aliphatic heterocycles. The molecule has 1 aromatic carbocycles. The van der Waals surface area contributed by atoms with E-state index in [0.717, 1.165) is 31.5 Å². The van der Waals surface area contributed by atoms with E-state index in [1.165, 1.54) is 0 Å². The summed E-state index contributed by atoms with van der Waals surface area (Å²) < 4.78 is 1.82. The number of amides is 1. The fourth-order valence-electron chi connectivity index (χ4n) is 2.73. The van der Waals surface area contributed by atoms with Crippen molar-refractivity contribution >= 4 is 5.91 Å². The molecule has 0 saturated carbocycles. The average Bonchev–Trinajstić information content (AvgIpc) is 3.06. The van der Waals surface area contributed by atoms with Gasteiger partial charge in [-0.1, -0.05) is 35.5 Å². The van der Waals surface area contributed by atoms with Gasteiger partial charge in [0.2, 0.25) is 0 Å². The van der Waals surface area contributed by atoms with Gasteiger partial charge in [-0.2, -0.15) is 0 Å². The molecule has 6 nitrogen and oxygen atoms in total. The summed E-state index contributed by atoms with van der Waals surface area (Å²) in [6.45, 7) is 3.93. The molecule has 22 heavy (non-hydrogen) atoms. The molecular formula is C16H21N5O. The van der Waals surface area contributed by atoms with Gasteiger partial charge in [-0.15, -0.1) is 5.10 Å². The number of rotatable bonds is 4. The number of hydrogen-bond acceptors (Lipinski definition) is 4. The first kappa shape index (κ1) is 14.7. The predicted molar refractivity (Wildman–Crippen MR) is 83.5 cm³/mol. The third kappa shape index (κ3) is 3.33. The van der Waals surface area contributed by atoms with Crippen molar-refractivity contribution in [1.82, 2.24) is 25.6 Å². The van der Waals surface area contributed by atoms with Crippen LogP contribution in [0.1, 0.15) is 47.9 Å². The van der Waals surface area contributed by atoms with Crippen LogP contribution in [0.15, 0.2) is 36.5 Å². The maximum Gasteiger partial charge on any atom is 0.273 e. The summed E-state index contributed by atoms with van der Waals surface area (Å²) in [6.07, 6.45) is 3.79. The minimum absolute atomic E-state index is 0.0577. The van der Waals surface area contributed by atoms with Gasteiger partial charge in [0.05, 0.1) is 18.3 Å². The Hall–Kier alpha value is -2.21. The molecule has 1 atom stereocenters. The van der Waals surface area contributed by atoms with E-state index in [-0.39, 0.29) is 11.9 Å². The highest BCUT2D eigenvalue weighted by molar-refractivity contribution is 5.92. The van der Waals surface area contributed by atoms with Crippen molar-refractivity contribution in [2.75, 3.05) is 13.1 Å². The second-order valence-electron chi connectivity index (χ2n) is 5.67. The number of hydrogen-bond donors (Lipinski definition) is 2. The number of carbonyl (C=O) groups excluding carboxylic acids is 1. The van der Waals surface area contributed by atoms with Gasteiger partial charge in [0.1, 0.15) is 0 Å². The summed E-state index contributed by atoms with van der Waals surface area (Å²) in [4.78, 5) is 12.3. The number of carbonyl (C=O) groups is 1. The molecule has 1 amide bonds. The zero-order valence-corrected chi connectivity index (χ0v) is 12.7. The molecular weight excluding hydrogens is 278 g/mol. The number of benzene rings is 1. The lowest BCUT2D eigenvalue weighted by Gasteiger charge is -2.22. The highest BCUT2D eigenvalue weighted by Crippen LogP contribution is 2.17. The lowest BCUT2D eigenvalue weighted by Crippen LogP contribution is -2.29. The fraction of sp³-hybridized carbons (Fsp3) is 0.438. The van der Waals surface area contributed by atoms with Crippen LogP contribution in [-0.2, 0) is 0 Å². The van der Waals surface area contributed by atoms with Crippen molar-refractivity contribution in [2.45, 2.75) is 31.8 Å². The van der Waals surface area contributed by atoms with Gasteiger partial charge in [-0.25, -0.2) is 4.68 Å². The Morgan fingerprint density at radius 3 is 2.77 bits per heavy atom. The first-order chi connectivity index (χ1) is 10.7. The Labute approximate surface area is 129 Å². The monoisotopic (exact) mass is 299 g/mol. The van der Waals surface area contributed by atoms with Gasteiger partial charge < -0.3 is 10.6 Å². The third-order valence-electron chi connectivity index (χ3n) is 4.07. The number of nitrogens with zero attached hydrogens (tertiary/aromatic N) is 3. The topological polar surface area (TPSA) is 71.8 Å². The standard InChI is InChI=1S/C16H21N5O/c1-12(13-5-3-2-4-6-13)18-16(22)15-11-21(20-19-15)14-7-9-17-10-8-14/h2-6,11-12,14,17H,7-10H2,1H3,(H,18,22). The highest BCUT2D eigenvalue weighted by Gasteiger charge is 2.19. The molecule has 1 unspecified atom stereocenters. The Balaban J connectivity index is 1.64. The maximum atomic E-state index is 12.3. The van der Waals surface area contributed by atoms with Gasteiger partial charge in [0.25, 0.3) is 5.91 Å². The van der Waals surface area contributed by atoms with Crippen molar-refractivity contribution < 1.29 is 4.79 Å². The fourth-order valence-corrected chi connectivity index (χ4v) is 2.73. The quantitative estimate of drug-likeness (QED) is 0.901. The molecule has 1 saturated heterocycles. The average molecular weight is 299 g/mol. The smallest absolute Gasteiger partial charge is 0.273 e. The molecule has 6 heteroatoms. The van der Waals surface area contributed by atoms with Crippen molar-refractivity contribution in [1.29, 1.82) is 0 Å². The predicted octanol–water partition coefficient (Wildman–Crippen LogP) is 1.69.